The zero-order valence-corrected chi connectivity index (χ0v) is 16.9. The molecule has 8 heteroatoms. The molecule has 0 saturated heterocycles. The molecule has 3 amide bonds. The van der Waals surface area contributed by atoms with Gasteiger partial charge in [-0.2, -0.15) is 0 Å². The number of halogens is 1. The largest absolute Gasteiger partial charge is 0.465 e. The fraction of sp³-hybridized carbons (Fsp3) is 0.250. The predicted octanol–water partition coefficient (Wildman–Crippen LogP) is 3.85. The number of likely N-dealkylation sites (N-methyl/N-ethyl adjacent to an activating group) is 1. The zero-order valence-electron chi connectivity index (χ0n) is 16.1. The number of urea groups is 1. The second-order valence-electron chi connectivity index (χ2n) is 6.29. The summed E-state index contributed by atoms with van der Waals surface area (Å²) in [6.45, 7) is 3.66. The van der Waals surface area contributed by atoms with Gasteiger partial charge in [0.05, 0.1) is 17.7 Å². The number of carbonyl (C=O) groups excluding carboxylic acids is 3. The molecule has 2 aromatic carbocycles. The Morgan fingerprint density at radius 3 is 2.32 bits per heavy atom. The number of methoxy groups -OCH3 is 1. The van der Waals surface area contributed by atoms with Crippen molar-refractivity contribution in [2.45, 2.75) is 13.8 Å². The maximum atomic E-state index is 12.4. The van der Waals surface area contributed by atoms with Crippen molar-refractivity contribution in [2.24, 2.45) is 0 Å². The van der Waals surface area contributed by atoms with E-state index in [1.54, 1.807) is 6.07 Å². The van der Waals surface area contributed by atoms with Crippen LogP contribution in [0.15, 0.2) is 36.4 Å². The second-order valence-corrected chi connectivity index (χ2v) is 6.69. The van der Waals surface area contributed by atoms with Gasteiger partial charge in [-0.3, -0.25) is 4.79 Å². The van der Waals surface area contributed by atoms with E-state index < -0.39 is 12.0 Å². The maximum absolute atomic E-state index is 12.4. The average Bonchev–Trinajstić information content (AvgIpc) is 2.65. The van der Waals surface area contributed by atoms with E-state index in [9.17, 15) is 14.4 Å². The molecule has 28 heavy (non-hydrogen) atoms. The van der Waals surface area contributed by atoms with E-state index in [1.807, 2.05) is 32.0 Å². The Kier molecular flexibility index (Phi) is 7.00. The number of nitrogens with one attached hydrogen (secondary N) is 2. The van der Waals surface area contributed by atoms with Gasteiger partial charge in [-0.05, 0) is 43.2 Å². The van der Waals surface area contributed by atoms with Crippen LogP contribution in [0.4, 0.5) is 16.2 Å². The number of carbonyl (C=O) groups is 3. The fourth-order valence-electron chi connectivity index (χ4n) is 2.57. The first-order valence-corrected chi connectivity index (χ1v) is 8.86. The topological polar surface area (TPSA) is 87.7 Å². The number of hydrogen-bond acceptors (Lipinski definition) is 4. The number of aryl methyl sites for hydroxylation is 2. The Labute approximate surface area is 168 Å². The number of rotatable bonds is 5. The lowest BCUT2D eigenvalue weighted by molar-refractivity contribution is -0.116. The van der Waals surface area contributed by atoms with Crippen molar-refractivity contribution in [1.82, 2.24) is 4.90 Å². The standard InChI is InChI=1S/C20H22ClN3O4/c1-12-6-5-7-13(2)18(12)23-17(25)11-24(3)20(27)22-14-8-9-16(21)15(10-14)19(26)28-4/h5-10H,11H2,1-4H3,(H,22,27)(H,23,25). The Morgan fingerprint density at radius 1 is 1.07 bits per heavy atom. The molecule has 0 aliphatic carbocycles. The van der Waals surface area contributed by atoms with Gasteiger partial charge >= 0.3 is 12.0 Å². The van der Waals surface area contributed by atoms with Gasteiger partial charge in [-0.1, -0.05) is 29.8 Å². The highest BCUT2D eigenvalue weighted by molar-refractivity contribution is 6.33. The molecular weight excluding hydrogens is 382 g/mol. The van der Waals surface area contributed by atoms with E-state index in [-0.39, 0.29) is 23.0 Å². The van der Waals surface area contributed by atoms with Crippen molar-refractivity contribution in [3.05, 3.63) is 58.1 Å². The third kappa shape index (κ3) is 5.23. The fourth-order valence-corrected chi connectivity index (χ4v) is 2.76. The van der Waals surface area contributed by atoms with E-state index in [1.165, 1.54) is 31.2 Å². The molecule has 0 aliphatic heterocycles. The molecule has 0 aromatic heterocycles. The summed E-state index contributed by atoms with van der Waals surface area (Å²) in [5.74, 6) is -0.927. The van der Waals surface area contributed by atoms with Crippen molar-refractivity contribution in [3.63, 3.8) is 0 Å². The summed E-state index contributed by atoms with van der Waals surface area (Å²) in [6, 6.07) is 9.66. The van der Waals surface area contributed by atoms with Crippen molar-refractivity contribution < 1.29 is 19.1 Å². The Balaban J connectivity index is 2.01. The summed E-state index contributed by atoms with van der Waals surface area (Å²) in [5.41, 5.74) is 3.12. The van der Waals surface area contributed by atoms with Crippen LogP contribution in [0.5, 0.6) is 0 Å². The summed E-state index contributed by atoms with van der Waals surface area (Å²) >= 11 is 5.96. The first-order valence-electron chi connectivity index (χ1n) is 8.49. The summed E-state index contributed by atoms with van der Waals surface area (Å²) < 4.78 is 4.65. The van der Waals surface area contributed by atoms with Gasteiger partial charge in [-0.15, -0.1) is 0 Å². The van der Waals surface area contributed by atoms with E-state index >= 15 is 0 Å². The Hall–Kier alpha value is -3.06. The van der Waals surface area contributed by atoms with Crippen LogP contribution in [0.2, 0.25) is 5.02 Å². The lowest BCUT2D eigenvalue weighted by Gasteiger charge is -2.19. The normalized spacial score (nSPS) is 10.2. The quantitative estimate of drug-likeness (QED) is 0.742. The lowest BCUT2D eigenvalue weighted by Crippen LogP contribution is -2.37. The first kappa shape index (κ1) is 21.2. The lowest BCUT2D eigenvalue weighted by atomic mass is 10.1. The molecule has 0 heterocycles. The predicted molar refractivity (Wildman–Crippen MR) is 109 cm³/mol. The molecule has 0 spiro atoms. The maximum Gasteiger partial charge on any atom is 0.339 e. The highest BCUT2D eigenvalue weighted by Gasteiger charge is 2.16. The monoisotopic (exact) mass is 403 g/mol. The van der Waals surface area contributed by atoms with Crippen molar-refractivity contribution in [3.8, 4) is 0 Å². The highest BCUT2D eigenvalue weighted by Crippen LogP contribution is 2.22. The van der Waals surface area contributed by atoms with E-state index in [0.717, 1.165) is 16.8 Å². The molecule has 2 N–H and O–H groups in total. The molecule has 7 nitrogen and oxygen atoms in total. The first-order chi connectivity index (χ1) is 13.2. The van der Waals surface area contributed by atoms with Crippen LogP contribution in [0.25, 0.3) is 0 Å². The summed E-state index contributed by atoms with van der Waals surface area (Å²) in [7, 11) is 2.74. The summed E-state index contributed by atoms with van der Waals surface area (Å²) in [5, 5.41) is 5.66. The number of esters is 1. The van der Waals surface area contributed by atoms with E-state index in [2.05, 4.69) is 15.4 Å². The Bertz CT molecular complexity index is 894. The summed E-state index contributed by atoms with van der Waals surface area (Å²) in [6.07, 6.45) is 0. The van der Waals surface area contributed by atoms with Gasteiger partial charge in [-0.25, -0.2) is 9.59 Å². The van der Waals surface area contributed by atoms with Crippen LogP contribution in [-0.2, 0) is 9.53 Å². The minimum atomic E-state index is -0.609. The third-order valence-corrected chi connectivity index (χ3v) is 4.43. The zero-order chi connectivity index (χ0) is 20.8. The number of anilines is 2. The number of amides is 3. The minimum absolute atomic E-state index is 0.136. The average molecular weight is 404 g/mol. The molecular formula is C20H22ClN3O4. The Morgan fingerprint density at radius 2 is 1.71 bits per heavy atom. The number of benzene rings is 2. The molecule has 0 fully saturated rings. The summed E-state index contributed by atoms with van der Waals surface area (Å²) in [4.78, 5) is 37.6. The van der Waals surface area contributed by atoms with Crippen molar-refractivity contribution >= 4 is 40.9 Å². The molecule has 2 rings (SSSR count). The number of hydrogen-bond donors (Lipinski definition) is 2. The minimum Gasteiger partial charge on any atom is -0.465 e. The number of ether oxygens (including phenoxy) is 1. The molecule has 0 unspecified atom stereocenters. The molecule has 0 aliphatic rings. The number of para-hydroxylation sites is 1. The SMILES string of the molecule is COC(=O)c1cc(NC(=O)N(C)CC(=O)Nc2c(C)cccc2C)ccc1Cl. The number of nitrogens with zero attached hydrogens (tertiary/aromatic N) is 1. The van der Waals surface area contributed by atoms with Crippen LogP contribution in [0.3, 0.4) is 0 Å². The molecule has 0 bridgehead atoms. The van der Waals surface area contributed by atoms with Gasteiger partial charge in [0.2, 0.25) is 5.91 Å². The van der Waals surface area contributed by atoms with Crippen LogP contribution < -0.4 is 10.6 Å². The third-order valence-electron chi connectivity index (χ3n) is 4.10. The van der Waals surface area contributed by atoms with E-state index in [0.29, 0.717) is 5.69 Å². The van der Waals surface area contributed by atoms with Gasteiger partial charge in [0.15, 0.2) is 0 Å². The van der Waals surface area contributed by atoms with Gasteiger partial charge in [0.25, 0.3) is 0 Å². The smallest absolute Gasteiger partial charge is 0.339 e. The molecule has 0 atom stereocenters. The molecule has 0 radical (unpaired) electrons. The molecule has 2 aromatic rings. The van der Waals surface area contributed by atoms with Crippen LogP contribution >= 0.6 is 11.6 Å². The van der Waals surface area contributed by atoms with Crippen LogP contribution in [0, 0.1) is 13.8 Å². The second kappa shape index (κ2) is 9.23. The van der Waals surface area contributed by atoms with Crippen molar-refractivity contribution in [2.75, 3.05) is 31.3 Å². The van der Waals surface area contributed by atoms with Gasteiger partial charge in [0, 0.05) is 18.4 Å². The van der Waals surface area contributed by atoms with E-state index in [4.69, 9.17) is 11.6 Å². The van der Waals surface area contributed by atoms with Crippen molar-refractivity contribution in [1.29, 1.82) is 0 Å². The van der Waals surface area contributed by atoms with Gasteiger partial charge < -0.3 is 20.3 Å². The van der Waals surface area contributed by atoms with Gasteiger partial charge in [0.1, 0.15) is 6.54 Å². The highest BCUT2D eigenvalue weighted by atomic mass is 35.5. The molecule has 0 saturated carbocycles. The molecule has 148 valence electrons. The van der Waals surface area contributed by atoms with Crippen LogP contribution in [0.1, 0.15) is 21.5 Å². The van der Waals surface area contributed by atoms with Crippen LogP contribution in [-0.4, -0.2) is 43.5 Å².